The lowest BCUT2D eigenvalue weighted by atomic mass is 10.0. The summed E-state index contributed by atoms with van der Waals surface area (Å²) in [5, 5.41) is 10.6. The van der Waals surface area contributed by atoms with Crippen molar-refractivity contribution < 1.29 is 80.2 Å². The zero-order chi connectivity index (χ0) is 70.4. The van der Waals surface area contributed by atoms with Crippen molar-refractivity contribution in [1.82, 2.24) is 0 Å². The van der Waals surface area contributed by atoms with Gasteiger partial charge in [0.2, 0.25) is 0 Å². The number of hydrogen-bond acceptors (Lipinski definition) is 15. The fourth-order valence-corrected chi connectivity index (χ4v) is 13.5. The lowest BCUT2D eigenvalue weighted by Crippen LogP contribution is -2.30. The van der Waals surface area contributed by atoms with E-state index in [1.165, 1.54) is 231 Å². The Hall–Kier alpha value is -1.94. The average molecular weight is 1410 g/mol. The minimum atomic E-state index is -4.96. The van der Waals surface area contributed by atoms with Crippen LogP contribution in [0.1, 0.15) is 413 Å². The first-order valence-corrected chi connectivity index (χ1v) is 43.3. The second kappa shape index (κ2) is 71.5. The van der Waals surface area contributed by atoms with Crippen LogP contribution in [0.5, 0.6) is 0 Å². The predicted molar refractivity (Wildman–Crippen MR) is 391 cm³/mol. The normalized spacial score (nSPS) is 13.9. The Morgan fingerprint density at radius 1 is 0.250 bits per heavy atom. The Morgan fingerprint density at radius 3 is 0.615 bits per heavy atom. The summed E-state index contributed by atoms with van der Waals surface area (Å²) < 4.78 is 68.3. The lowest BCUT2D eigenvalue weighted by molar-refractivity contribution is -0.161. The van der Waals surface area contributed by atoms with Crippen LogP contribution in [0.3, 0.4) is 0 Å². The fraction of sp³-hybridized carbons (Fsp3) is 0.948. The third kappa shape index (κ3) is 70.5. The molecule has 0 aromatic carbocycles. The third-order valence-electron chi connectivity index (χ3n) is 18.1. The number of ether oxygens (including phenoxy) is 4. The Bertz CT molecular complexity index is 1830. The maximum Gasteiger partial charge on any atom is 0.472 e. The molecule has 570 valence electrons. The second-order valence-electron chi connectivity index (χ2n) is 27.7. The van der Waals surface area contributed by atoms with E-state index in [1.807, 2.05) is 0 Å². The van der Waals surface area contributed by atoms with E-state index in [1.54, 1.807) is 0 Å². The van der Waals surface area contributed by atoms with Crippen molar-refractivity contribution >= 4 is 39.5 Å². The van der Waals surface area contributed by atoms with Crippen molar-refractivity contribution in [1.29, 1.82) is 0 Å². The molecule has 17 nitrogen and oxygen atoms in total. The Labute approximate surface area is 588 Å². The van der Waals surface area contributed by atoms with Crippen molar-refractivity contribution in [3.05, 3.63) is 0 Å². The van der Waals surface area contributed by atoms with Gasteiger partial charge in [0, 0.05) is 25.7 Å². The van der Waals surface area contributed by atoms with Crippen molar-refractivity contribution in [2.45, 2.75) is 431 Å². The van der Waals surface area contributed by atoms with Gasteiger partial charge in [-0.3, -0.25) is 37.3 Å². The van der Waals surface area contributed by atoms with Crippen LogP contribution < -0.4 is 0 Å². The summed E-state index contributed by atoms with van der Waals surface area (Å²) in [6.45, 7) is 4.93. The largest absolute Gasteiger partial charge is 0.472 e. The van der Waals surface area contributed by atoms with E-state index in [9.17, 15) is 43.2 Å². The van der Waals surface area contributed by atoms with Gasteiger partial charge >= 0.3 is 39.5 Å². The molecule has 5 atom stereocenters. The van der Waals surface area contributed by atoms with E-state index >= 15 is 0 Å². The molecule has 0 amide bonds. The Balaban J connectivity index is 5.12. The highest BCUT2D eigenvalue weighted by Gasteiger charge is 2.30. The molecule has 0 spiro atoms. The van der Waals surface area contributed by atoms with Gasteiger partial charge in [0.1, 0.15) is 19.3 Å². The molecule has 0 fully saturated rings. The van der Waals surface area contributed by atoms with E-state index in [0.717, 1.165) is 103 Å². The number of esters is 4. The average Bonchev–Trinajstić information content (AvgIpc) is 1.22. The Kier molecular flexibility index (Phi) is 70.0. The fourth-order valence-electron chi connectivity index (χ4n) is 11.9. The Morgan fingerprint density at radius 2 is 0.417 bits per heavy atom. The quantitative estimate of drug-likeness (QED) is 0.0222. The van der Waals surface area contributed by atoms with Gasteiger partial charge in [-0.25, -0.2) is 9.13 Å². The molecule has 0 saturated carbocycles. The molecule has 2 unspecified atom stereocenters. The molecule has 19 heteroatoms. The molecular weight excluding hydrogens is 1260 g/mol. The van der Waals surface area contributed by atoms with Gasteiger partial charge in [0.15, 0.2) is 12.2 Å². The van der Waals surface area contributed by atoms with Gasteiger partial charge in [-0.05, 0) is 25.7 Å². The molecule has 3 N–H and O–H groups in total. The third-order valence-corrected chi connectivity index (χ3v) is 20.0. The molecular formula is C77H150O17P2. The van der Waals surface area contributed by atoms with E-state index < -0.39 is 97.5 Å². The topological polar surface area (TPSA) is 237 Å². The summed E-state index contributed by atoms with van der Waals surface area (Å²) in [7, 11) is -9.90. The van der Waals surface area contributed by atoms with Crippen LogP contribution in [0.2, 0.25) is 0 Å². The highest BCUT2D eigenvalue weighted by molar-refractivity contribution is 7.47. The van der Waals surface area contributed by atoms with E-state index in [-0.39, 0.29) is 25.7 Å². The number of aliphatic hydroxyl groups is 1. The van der Waals surface area contributed by atoms with Crippen LogP contribution in [0.25, 0.3) is 0 Å². The van der Waals surface area contributed by atoms with Gasteiger partial charge in [0.25, 0.3) is 0 Å². The molecule has 0 aliphatic heterocycles. The van der Waals surface area contributed by atoms with Gasteiger partial charge in [-0.2, -0.15) is 0 Å². The van der Waals surface area contributed by atoms with Crippen LogP contribution in [-0.4, -0.2) is 96.7 Å². The summed E-state index contributed by atoms with van der Waals surface area (Å²) in [5.74, 6) is -2.12. The van der Waals surface area contributed by atoms with Gasteiger partial charge in [0.05, 0.1) is 26.4 Å². The van der Waals surface area contributed by atoms with Gasteiger partial charge < -0.3 is 33.8 Å². The van der Waals surface area contributed by atoms with Crippen LogP contribution in [0, 0.1) is 0 Å². The summed E-state index contributed by atoms with van der Waals surface area (Å²) in [6.07, 6.45) is 62.8. The van der Waals surface area contributed by atoms with Crippen LogP contribution in [0.4, 0.5) is 0 Å². The summed E-state index contributed by atoms with van der Waals surface area (Å²) in [4.78, 5) is 72.6. The number of phosphoric acid groups is 2. The SMILES string of the molecule is CCCCCCCCCCCCCCCCCCCCCCC(=O)OC[C@H](COP(=O)(O)OC[C@@H](O)COP(=O)(O)OC[C@@H](COC(=O)CCCCCCCCCC)OC(=O)CCCCCCCCCC)OC(=O)CCCCCCCCCCCCCCCCCCCCCC. The van der Waals surface area contributed by atoms with E-state index in [0.29, 0.717) is 25.7 Å². The standard InChI is InChI=1S/C77H150O17P2/c1-5-9-13-17-21-25-27-29-31-33-35-37-39-41-43-45-47-51-54-58-62-75(80)88-68-73(94-77(82)64-60-56-52-48-46-44-42-40-38-36-34-32-30-28-26-22-18-14-10-6-2)70-92-96(85,86)90-66-71(78)65-89-95(83,84)91-69-72(93-76(81)63-59-55-50-24-20-16-12-8-4)67-87-74(79)61-57-53-49-23-19-15-11-7-3/h71-73,78H,5-70H2,1-4H3,(H,83,84)(H,85,86)/t71-,72+,73+/m0/s1. The van der Waals surface area contributed by atoms with Crippen molar-refractivity contribution in [2.24, 2.45) is 0 Å². The lowest BCUT2D eigenvalue weighted by Gasteiger charge is -2.21. The van der Waals surface area contributed by atoms with E-state index in [4.69, 9.17) is 37.0 Å². The number of carbonyl (C=O) groups excluding carboxylic acids is 4. The minimum Gasteiger partial charge on any atom is -0.462 e. The smallest absolute Gasteiger partial charge is 0.462 e. The highest BCUT2D eigenvalue weighted by Crippen LogP contribution is 2.45. The first kappa shape index (κ1) is 94.1. The molecule has 0 aliphatic carbocycles. The zero-order valence-electron chi connectivity index (χ0n) is 62.4. The number of hydrogen-bond donors (Lipinski definition) is 3. The first-order valence-electron chi connectivity index (χ1n) is 40.3. The monoisotopic (exact) mass is 1410 g/mol. The van der Waals surface area contributed by atoms with Crippen LogP contribution in [0.15, 0.2) is 0 Å². The second-order valence-corrected chi connectivity index (χ2v) is 30.7. The summed E-state index contributed by atoms with van der Waals surface area (Å²) >= 11 is 0. The predicted octanol–water partition coefficient (Wildman–Crippen LogP) is 23.0. The van der Waals surface area contributed by atoms with Crippen molar-refractivity contribution in [3.63, 3.8) is 0 Å². The number of aliphatic hydroxyl groups excluding tert-OH is 1. The molecule has 0 aliphatic rings. The molecule has 0 radical (unpaired) electrons. The molecule has 0 bridgehead atoms. The van der Waals surface area contributed by atoms with Crippen LogP contribution in [-0.2, 0) is 65.4 Å². The molecule has 96 heavy (non-hydrogen) atoms. The summed E-state index contributed by atoms with van der Waals surface area (Å²) in [6, 6.07) is 0. The van der Waals surface area contributed by atoms with Crippen LogP contribution >= 0.6 is 15.6 Å². The number of phosphoric ester groups is 2. The minimum absolute atomic E-state index is 0.105. The molecule has 0 saturated heterocycles. The zero-order valence-corrected chi connectivity index (χ0v) is 64.1. The van der Waals surface area contributed by atoms with Crippen molar-refractivity contribution in [2.75, 3.05) is 39.6 Å². The highest BCUT2D eigenvalue weighted by atomic mass is 31.2. The maximum absolute atomic E-state index is 13.1. The number of rotatable bonds is 78. The van der Waals surface area contributed by atoms with Gasteiger partial charge in [-0.1, -0.05) is 362 Å². The first-order chi connectivity index (χ1) is 46.7. The molecule has 0 heterocycles. The number of carbonyl (C=O) groups is 4. The molecule has 0 aromatic rings. The van der Waals surface area contributed by atoms with Crippen molar-refractivity contribution in [3.8, 4) is 0 Å². The molecule has 0 aromatic heterocycles. The molecule has 0 rings (SSSR count). The van der Waals surface area contributed by atoms with E-state index in [2.05, 4.69) is 27.7 Å². The number of unbranched alkanes of at least 4 members (excludes halogenated alkanes) is 52. The summed E-state index contributed by atoms with van der Waals surface area (Å²) in [5.41, 5.74) is 0. The van der Waals surface area contributed by atoms with Gasteiger partial charge in [-0.15, -0.1) is 0 Å². The maximum atomic E-state index is 13.1.